The molecule has 32 heavy (non-hydrogen) atoms. The maximum Gasteiger partial charge on any atom is 0.282 e. The van der Waals surface area contributed by atoms with E-state index in [0.717, 1.165) is 35.5 Å². The van der Waals surface area contributed by atoms with E-state index < -0.39 is 0 Å². The highest BCUT2D eigenvalue weighted by molar-refractivity contribution is 7.11. The molecule has 4 nitrogen and oxygen atoms in total. The minimum Gasteiger partial charge on any atom is -0.336 e. The molecule has 2 amide bonds. The molecule has 0 spiro atoms. The number of anilines is 2. The van der Waals surface area contributed by atoms with Gasteiger partial charge in [-0.2, -0.15) is 0 Å². The van der Waals surface area contributed by atoms with E-state index in [1.54, 1.807) is 0 Å². The van der Waals surface area contributed by atoms with Crippen molar-refractivity contribution in [3.63, 3.8) is 0 Å². The highest BCUT2D eigenvalue weighted by atomic mass is 32.1. The quantitative estimate of drug-likeness (QED) is 0.483. The largest absolute Gasteiger partial charge is 0.336 e. The standard InChI is InChI=1S/C27H26N2O2S/c1-27(2,3)19-12-14-20(15-13-19)29-25(30)23(22-11-7-17-32-22)24(26(29)31)28-16-6-9-18-8-4-5-10-21(18)28/h4-5,7-8,10-15,17H,6,9,16H2,1-3H3. The van der Waals surface area contributed by atoms with Gasteiger partial charge in [-0.25, -0.2) is 4.90 Å². The van der Waals surface area contributed by atoms with Crippen LogP contribution in [0.5, 0.6) is 0 Å². The van der Waals surface area contributed by atoms with Crippen molar-refractivity contribution in [2.45, 2.75) is 39.0 Å². The van der Waals surface area contributed by atoms with Crippen molar-refractivity contribution in [1.82, 2.24) is 0 Å². The Morgan fingerprint density at radius 3 is 2.31 bits per heavy atom. The predicted molar refractivity (Wildman–Crippen MR) is 131 cm³/mol. The zero-order valence-electron chi connectivity index (χ0n) is 18.6. The highest BCUT2D eigenvalue weighted by Gasteiger charge is 2.44. The predicted octanol–water partition coefficient (Wildman–Crippen LogP) is 5.78. The van der Waals surface area contributed by atoms with Crippen LogP contribution in [0.2, 0.25) is 0 Å². The van der Waals surface area contributed by atoms with Gasteiger partial charge in [-0.3, -0.25) is 9.59 Å². The molecule has 0 saturated heterocycles. The van der Waals surface area contributed by atoms with E-state index >= 15 is 0 Å². The molecular formula is C27H26N2O2S. The molecular weight excluding hydrogens is 416 g/mol. The van der Waals surface area contributed by atoms with Crippen LogP contribution >= 0.6 is 11.3 Å². The fraction of sp³-hybridized carbons (Fsp3) is 0.259. The lowest BCUT2D eigenvalue weighted by molar-refractivity contribution is -0.120. The Balaban J connectivity index is 1.62. The van der Waals surface area contributed by atoms with Crippen LogP contribution in [-0.2, 0) is 21.4 Å². The first-order chi connectivity index (χ1) is 15.4. The van der Waals surface area contributed by atoms with E-state index in [-0.39, 0.29) is 17.2 Å². The number of fused-ring (bicyclic) bond motifs is 1. The van der Waals surface area contributed by atoms with Gasteiger partial charge in [-0.15, -0.1) is 11.3 Å². The number of hydrogen-bond donors (Lipinski definition) is 0. The number of rotatable bonds is 3. The van der Waals surface area contributed by atoms with Gasteiger partial charge in [-0.1, -0.05) is 57.2 Å². The second-order valence-corrected chi connectivity index (χ2v) is 10.3. The van der Waals surface area contributed by atoms with Crippen molar-refractivity contribution in [2.24, 2.45) is 0 Å². The molecule has 0 unspecified atom stereocenters. The first-order valence-corrected chi connectivity index (χ1v) is 11.9. The molecule has 1 aromatic heterocycles. The third kappa shape index (κ3) is 3.37. The van der Waals surface area contributed by atoms with Crippen molar-refractivity contribution in [1.29, 1.82) is 0 Å². The lowest BCUT2D eigenvalue weighted by Crippen LogP contribution is -2.37. The van der Waals surface area contributed by atoms with Crippen molar-refractivity contribution in [2.75, 3.05) is 16.3 Å². The summed E-state index contributed by atoms with van der Waals surface area (Å²) in [5.74, 6) is -0.502. The number of benzene rings is 2. The van der Waals surface area contributed by atoms with Crippen LogP contribution in [0, 0.1) is 0 Å². The van der Waals surface area contributed by atoms with Crippen LogP contribution in [0.4, 0.5) is 11.4 Å². The summed E-state index contributed by atoms with van der Waals surface area (Å²) >= 11 is 1.49. The van der Waals surface area contributed by atoms with Crippen LogP contribution in [-0.4, -0.2) is 18.4 Å². The molecule has 3 heterocycles. The number of aryl methyl sites for hydroxylation is 1. The molecule has 0 aliphatic carbocycles. The average molecular weight is 443 g/mol. The van der Waals surface area contributed by atoms with E-state index in [2.05, 4.69) is 31.7 Å². The monoisotopic (exact) mass is 442 g/mol. The summed E-state index contributed by atoms with van der Waals surface area (Å²) in [5, 5.41) is 1.95. The van der Waals surface area contributed by atoms with Gasteiger partial charge in [-0.05, 0) is 59.0 Å². The summed E-state index contributed by atoms with van der Waals surface area (Å²) in [4.78, 5) is 31.7. The first-order valence-electron chi connectivity index (χ1n) is 11.0. The Morgan fingerprint density at radius 2 is 1.62 bits per heavy atom. The Bertz CT molecular complexity index is 1220. The normalized spacial score (nSPS) is 16.7. The average Bonchev–Trinajstić information content (AvgIpc) is 3.39. The lowest BCUT2D eigenvalue weighted by Gasteiger charge is -2.32. The van der Waals surface area contributed by atoms with Crippen molar-refractivity contribution < 1.29 is 9.59 Å². The SMILES string of the molecule is CC(C)(C)c1ccc(N2C(=O)C(c3cccs3)=C(N3CCCc4ccccc43)C2=O)cc1. The third-order valence-corrected chi connectivity index (χ3v) is 7.09. The second kappa shape index (κ2) is 7.75. The number of para-hydroxylation sites is 1. The Kier molecular flexibility index (Phi) is 5.01. The van der Waals surface area contributed by atoms with E-state index in [4.69, 9.17) is 0 Å². The van der Waals surface area contributed by atoms with Gasteiger partial charge in [0.1, 0.15) is 5.70 Å². The van der Waals surface area contributed by atoms with E-state index in [1.165, 1.54) is 21.8 Å². The Morgan fingerprint density at radius 1 is 0.875 bits per heavy atom. The third-order valence-electron chi connectivity index (χ3n) is 6.20. The highest BCUT2D eigenvalue weighted by Crippen LogP contribution is 2.40. The maximum atomic E-state index is 13.8. The molecule has 162 valence electrons. The summed E-state index contributed by atoms with van der Waals surface area (Å²) in [5.41, 5.74) is 5.00. The van der Waals surface area contributed by atoms with Gasteiger partial charge in [0.2, 0.25) is 0 Å². The smallest absolute Gasteiger partial charge is 0.282 e. The number of amides is 2. The minimum atomic E-state index is -0.251. The molecule has 5 heteroatoms. The Hall–Kier alpha value is -3.18. The molecule has 0 fully saturated rings. The van der Waals surface area contributed by atoms with Crippen LogP contribution in [0.25, 0.3) is 5.57 Å². The molecule has 5 rings (SSSR count). The van der Waals surface area contributed by atoms with Crippen molar-refractivity contribution >= 4 is 40.1 Å². The van der Waals surface area contributed by atoms with Crippen molar-refractivity contribution in [3.8, 4) is 0 Å². The van der Waals surface area contributed by atoms with Gasteiger partial charge in [0.05, 0.1) is 11.3 Å². The second-order valence-electron chi connectivity index (χ2n) is 9.33. The number of nitrogens with zero attached hydrogens (tertiary/aromatic N) is 2. The lowest BCUT2D eigenvalue weighted by atomic mass is 9.87. The van der Waals surface area contributed by atoms with E-state index in [0.29, 0.717) is 17.0 Å². The number of carbonyl (C=O) groups is 2. The summed E-state index contributed by atoms with van der Waals surface area (Å²) in [7, 11) is 0. The molecule has 2 aliphatic heterocycles. The number of thiophene rings is 1. The summed E-state index contributed by atoms with van der Waals surface area (Å²) in [6, 6.07) is 19.8. The number of hydrogen-bond acceptors (Lipinski definition) is 4. The number of imide groups is 1. The van der Waals surface area contributed by atoms with Crippen molar-refractivity contribution in [3.05, 3.63) is 87.7 Å². The molecule has 0 saturated carbocycles. The molecule has 2 aliphatic rings. The zero-order chi connectivity index (χ0) is 22.5. The summed E-state index contributed by atoms with van der Waals surface area (Å²) in [6.45, 7) is 7.17. The first kappa shape index (κ1) is 20.7. The summed E-state index contributed by atoms with van der Waals surface area (Å²) in [6.07, 6.45) is 1.92. The topological polar surface area (TPSA) is 40.6 Å². The van der Waals surface area contributed by atoms with Crippen LogP contribution in [0.3, 0.4) is 0 Å². The summed E-state index contributed by atoms with van der Waals surface area (Å²) < 4.78 is 0. The maximum absolute atomic E-state index is 13.8. The van der Waals surface area contributed by atoms with Gasteiger partial charge < -0.3 is 4.90 Å². The molecule has 0 N–H and O–H groups in total. The Labute approximate surface area is 192 Å². The molecule has 0 atom stereocenters. The van der Waals surface area contributed by atoms with Gasteiger partial charge in [0, 0.05) is 17.1 Å². The van der Waals surface area contributed by atoms with Crippen LogP contribution in [0.15, 0.2) is 71.7 Å². The van der Waals surface area contributed by atoms with Gasteiger partial charge >= 0.3 is 0 Å². The van der Waals surface area contributed by atoms with Crippen LogP contribution < -0.4 is 9.80 Å². The fourth-order valence-corrected chi connectivity index (χ4v) is 5.29. The number of carbonyl (C=O) groups excluding carboxylic acids is 2. The van der Waals surface area contributed by atoms with E-state index in [1.807, 2.05) is 60.0 Å². The molecule has 0 radical (unpaired) electrons. The van der Waals surface area contributed by atoms with E-state index in [9.17, 15) is 9.59 Å². The fourth-order valence-electron chi connectivity index (χ4n) is 4.52. The molecule has 2 aromatic carbocycles. The zero-order valence-corrected chi connectivity index (χ0v) is 19.4. The van der Waals surface area contributed by atoms with Crippen LogP contribution in [0.1, 0.15) is 43.2 Å². The van der Waals surface area contributed by atoms with Gasteiger partial charge in [0.15, 0.2) is 0 Å². The minimum absolute atomic E-state index is 0.000603. The van der Waals surface area contributed by atoms with Gasteiger partial charge in [0.25, 0.3) is 11.8 Å². The molecule has 3 aromatic rings. The molecule has 0 bridgehead atoms.